The number of benzene rings is 12. The molecule has 0 unspecified atom stereocenters. The van der Waals surface area contributed by atoms with E-state index in [2.05, 4.69) is 265 Å². The molecule has 0 atom stereocenters. The molecule has 15 rings (SSSR count). The van der Waals surface area contributed by atoms with Crippen LogP contribution in [0.2, 0.25) is 0 Å². The molecule has 2 fully saturated rings. The highest BCUT2D eigenvalue weighted by molar-refractivity contribution is 6.16. The lowest BCUT2D eigenvalue weighted by Gasteiger charge is -2.36. The second kappa shape index (κ2) is 19.9. The van der Waals surface area contributed by atoms with Gasteiger partial charge < -0.3 is 9.80 Å². The smallest absolute Gasteiger partial charge is 0.0715 e. The van der Waals surface area contributed by atoms with E-state index in [1.807, 2.05) is 0 Å². The molecule has 2 nitrogen and oxygen atoms in total. The minimum absolute atomic E-state index is 0.601. The number of nitrogens with zero attached hydrogens (tertiary/aromatic N) is 2. The van der Waals surface area contributed by atoms with Crippen molar-refractivity contribution in [2.24, 2.45) is 0 Å². The lowest BCUT2D eigenvalue weighted by Crippen LogP contribution is -2.29. The molecule has 0 heterocycles. The first-order valence-corrected chi connectivity index (χ1v) is 29.2. The van der Waals surface area contributed by atoms with E-state index < -0.39 is 5.41 Å². The van der Waals surface area contributed by atoms with Gasteiger partial charge in [0.2, 0.25) is 0 Å². The molecule has 0 radical (unpaired) electrons. The predicted octanol–water partition coefficient (Wildman–Crippen LogP) is 21.7. The van der Waals surface area contributed by atoms with Crippen molar-refractivity contribution in [3.8, 4) is 11.1 Å². The molecular weight excluding hydrogens is 953 g/mol. The van der Waals surface area contributed by atoms with Crippen molar-refractivity contribution in [1.29, 1.82) is 0 Å². The van der Waals surface area contributed by atoms with Gasteiger partial charge in [0.05, 0.1) is 16.8 Å². The fourth-order valence-electron chi connectivity index (χ4n) is 14.7. The normalized spacial score (nSPS) is 15.3. The average Bonchev–Trinajstić information content (AvgIpc) is 3.99. The SMILES string of the molecule is c1ccc(N(c2ccccc2)c2ccc3c(c2)C(c2ccc(C4CCCCC4)cc2)(c2ccc(C4CCCCC4)cc2)c2cc(N(c4cccc5c4ccc4ccccc45)c4cccc5c4ccc4ccccc45)ccc2-3)cc1. The molecule has 12 aromatic rings. The van der Waals surface area contributed by atoms with Crippen molar-refractivity contribution in [3.63, 3.8) is 0 Å². The van der Waals surface area contributed by atoms with Gasteiger partial charge in [-0.1, -0.05) is 233 Å². The van der Waals surface area contributed by atoms with Crippen LogP contribution in [-0.4, -0.2) is 0 Å². The molecule has 3 aliphatic rings. The van der Waals surface area contributed by atoms with E-state index in [4.69, 9.17) is 0 Å². The molecular formula is C77H64N2. The molecule has 0 saturated heterocycles. The van der Waals surface area contributed by atoms with Crippen molar-refractivity contribution < 1.29 is 0 Å². The van der Waals surface area contributed by atoms with Gasteiger partial charge in [0.15, 0.2) is 0 Å². The van der Waals surface area contributed by atoms with Gasteiger partial charge in [-0.15, -0.1) is 0 Å². The third-order valence-electron chi connectivity index (χ3n) is 18.5. The van der Waals surface area contributed by atoms with Crippen LogP contribution in [0.4, 0.5) is 34.1 Å². The summed E-state index contributed by atoms with van der Waals surface area (Å²) in [4.78, 5) is 5.02. The summed E-state index contributed by atoms with van der Waals surface area (Å²) >= 11 is 0. The lowest BCUT2D eigenvalue weighted by atomic mass is 9.67. The molecule has 0 aliphatic heterocycles. The maximum atomic E-state index is 2.59. The Bertz CT molecular complexity index is 3980. The summed E-state index contributed by atoms with van der Waals surface area (Å²) in [6.45, 7) is 0. The number of rotatable bonds is 10. The molecule has 2 heteroatoms. The third-order valence-corrected chi connectivity index (χ3v) is 18.5. The summed E-state index contributed by atoms with van der Waals surface area (Å²) in [5.74, 6) is 1.20. The van der Waals surface area contributed by atoms with Gasteiger partial charge in [-0.3, -0.25) is 0 Å². The molecule has 0 aromatic heterocycles. The molecule has 2 saturated carbocycles. The number of fused-ring (bicyclic) bond motifs is 9. The molecule has 12 aromatic carbocycles. The van der Waals surface area contributed by atoms with Crippen molar-refractivity contribution in [2.45, 2.75) is 81.5 Å². The lowest BCUT2D eigenvalue weighted by molar-refractivity contribution is 0.443. The van der Waals surface area contributed by atoms with Gasteiger partial charge in [-0.25, -0.2) is 0 Å². The second-order valence-electron chi connectivity index (χ2n) is 22.8. The Kier molecular flexibility index (Phi) is 12.0. The Morgan fingerprint density at radius 1 is 0.278 bits per heavy atom. The van der Waals surface area contributed by atoms with E-state index >= 15 is 0 Å². The van der Waals surface area contributed by atoms with Gasteiger partial charge in [-0.05, 0) is 175 Å². The summed E-state index contributed by atoms with van der Waals surface area (Å²) in [5, 5.41) is 9.96. The van der Waals surface area contributed by atoms with Gasteiger partial charge >= 0.3 is 0 Å². The summed E-state index contributed by atoms with van der Waals surface area (Å²) < 4.78 is 0. The Morgan fingerprint density at radius 2 is 0.684 bits per heavy atom. The highest BCUT2D eigenvalue weighted by Gasteiger charge is 2.47. The third kappa shape index (κ3) is 8.06. The van der Waals surface area contributed by atoms with Gasteiger partial charge in [0, 0.05) is 33.5 Å². The van der Waals surface area contributed by atoms with E-state index in [-0.39, 0.29) is 0 Å². The van der Waals surface area contributed by atoms with Crippen molar-refractivity contribution in [3.05, 3.63) is 288 Å². The summed E-state index contributed by atoms with van der Waals surface area (Å²) in [7, 11) is 0. The van der Waals surface area contributed by atoms with E-state index in [1.165, 1.54) is 152 Å². The van der Waals surface area contributed by atoms with Crippen LogP contribution in [-0.2, 0) is 5.41 Å². The first-order chi connectivity index (χ1) is 39.2. The fourth-order valence-corrected chi connectivity index (χ4v) is 14.7. The van der Waals surface area contributed by atoms with Crippen LogP contribution in [0.25, 0.3) is 54.2 Å². The maximum Gasteiger partial charge on any atom is 0.0715 e. The number of para-hydroxylation sites is 2. The van der Waals surface area contributed by atoms with Crippen molar-refractivity contribution >= 4 is 77.2 Å². The summed E-state index contributed by atoms with van der Waals surface area (Å²) in [6, 6.07) is 97.5. The zero-order valence-corrected chi connectivity index (χ0v) is 44.9. The number of hydrogen-bond acceptors (Lipinski definition) is 2. The minimum Gasteiger partial charge on any atom is -0.310 e. The van der Waals surface area contributed by atoms with Gasteiger partial charge in [0.1, 0.15) is 0 Å². The first-order valence-electron chi connectivity index (χ1n) is 29.2. The molecule has 0 N–H and O–H groups in total. The van der Waals surface area contributed by atoms with Crippen LogP contribution in [0, 0.1) is 0 Å². The van der Waals surface area contributed by atoms with Crippen LogP contribution in [0.3, 0.4) is 0 Å². The highest BCUT2D eigenvalue weighted by atomic mass is 15.2. The van der Waals surface area contributed by atoms with E-state index in [0.717, 1.165) is 34.1 Å². The second-order valence-corrected chi connectivity index (χ2v) is 22.8. The Balaban J connectivity index is 1.02. The zero-order chi connectivity index (χ0) is 52.3. The minimum atomic E-state index is -0.679. The van der Waals surface area contributed by atoms with E-state index in [1.54, 1.807) is 0 Å². The van der Waals surface area contributed by atoms with Gasteiger partial charge in [0.25, 0.3) is 0 Å². The molecule has 382 valence electrons. The molecule has 3 aliphatic carbocycles. The van der Waals surface area contributed by atoms with Crippen LogP contribution >= 0.6 is 0 Å². The molecule has 0 spiro atoms. The van der Waals surface area contributed by atoms with Crippen LogP contribution in [0.15, 0.2) is 255 Å². The Morgan fingerprint density at radius 3 is 1.14 bits per heavy atom. The highest BCUT2D eigenvalue weighted by Crippen LogP contribution is 2.59. The van der Waals surface area contributed by atoms with Crippen molar-refractivity contribution in [1.82, 2.24) is 0 Å². The van der Waals surface area contributed by atoms with Gasteiger partial charge in [-0.2, -0.15) is 0 Å². The monoisotopic (exact) mass is 1020 g/mol. The standard InChI is InChI=1S/C77H64N2/c1-5-19-53(20-6-1)55-35-41-59(42-36-55)77(60-43-37-56(38-44-60)54-21-7-2-8-22-54)73-51-63(78(61-25-9-3-10-26-61)62-27-11-4-12-28-62)45-49-69(73)70-50-46-64(52-74(70)77)79(75-33-17-31-67-65-29-15-13-23-57(65)39-47-71(67)75)76-34-18-32-68-66-30-16-14-24-58(66)40-48-72(68)76/h3-4,9-18,23-54H,1-2,5-8,19-22H2. The topological polar surface area (TPSA) is 6.48 Å². The van der Waals surface area contributed by atoms with Crippen LogP contribution < -0.4 is 9.80 Å². The van der Waals surface area contributed by atoms with E-state index in [0.29, 0.717) is 11.8 Å². The largest absolute Gasteiger partial charge is 0.310 e. The van der Waals surface area contributed by atoms with E-state index in [9.17, 15) is 0 Å². The average molecular weight is 1020 g/mol. The number of anilines is 6. The maximum absolute atomic E-state index is 2.59. The van der Waals surface area contributed by atoms with Crippen LogP contribution in [0.5, 0.6) is 0 Å². The van der Waals surface area contributed by atoms with Crippen LogP contribution in [0.1, 0.15) is 109 Å². The quantitative estimate of drug-likeness (QED) is 0.126. The Labute approximate surface area is 465 Å². The summed E-state index contributed by atoms with van der Waals surface area (Å²) in [5.41, 5.74) is 16.9. The first kappa shape index (κ1) is 47.5. The Hall–Kier alpha value is -8.72. The summed E-state index contributed by atoms with van der Waals surface area (Å²) in [6.07, 6.45) is 13.0. The molecule has 79 heavy (non-hydrogen) atoms. The molecule has 0 bridgehead atoms. The fraction of sp³-hybridized carbons (Fsp3) is 0.169. The molecule has 0 amide bonds. The van der Waals surface area contributed by atoms with Crippen molar-refractivity contribution in [2.75, 3.05) is 9.80 Å². The number of hydrogen-bond donors (Lipinski definition) is 0. The predicted molar refractivity (Wildman–Crippen MR) is 335 cm³/mol. The zero-order valence-electron chi connectivity index (χ0n) is 44.9.